The number of nitrogen functional groups attached to an aromatic ring is 1. The monoisotopic (exact) mass is 432 g/mol. The number of nitrogens with two attached hydrogens (primary N) is 2. The largest absolute Gasteiger partial charge is 0.382 e. The Morgan fingerprint density at radius 3 is 2.52 bits per heavy atom. The second-order valence-corrected chi connectivity index (χ2v) is 8.55. The Morgan fingerprint density at radius 2 is 1.93 bits per heavy atom. The van der Waals surface area contributed by atoms with Gasteiger partial charge < -0.3 is 5.73 Å². The minimum Gasteiger partial charge on any atom is -0.382 e. The fraction of sp³-hybridized carbons (Fsp3) is 0.111. The molecule has 0 saturated heterocycles. The minimum absolute atomic E-state index is 0.155. The number of nitrogens with one attached hydrogen (secondary N) is 2. The molecule has 9 nitrogen and oxygen atoms in total. The predicted molar refractivity (Wildman–Crippen MR) is 114 cm³/mol. The van der Waals surface area contributed by atoms with Gasteiger partial charge in [-0.2, -0.15) is 13.5 Å². The molecule has 0 unspecified atom stereocenters. The zero-order chi connectivity index (χ0) is 21.0. The maximum Gasteiger partial charge on any atom is 0.294 e. The summed E-state index contributed by atoms with van der Waals surface area (Å²) in [4.78, 5) is 4.25. The fourth-order valence-corrected chi connectivity index (χ4v) is 4.30. The quantitative estimate of drug-likeness (QED) is 0.187. The van der Waals surface area contributed by atoms with E-state index in [1.807, 2.05) is 37.3 Å². The van der Waals surface area contributed by atoms with Crippen LogP contribution in [0.3, 0.4) is 0 Å². The van der Waals surface area contributed by atoms with Crippen LogP contribution in [0.15, 0.2) is 53.4 Å². The van der Waals surface area contributed by atoms with Crippen LogP contribution in [0.25, 0.3) is 20.8 Å². The minimum atomic E-state index is -4.22. The average molecular weight is 433 g/mol. The lowest BCUT2D eigenvalue weighted by molar-refractivity contribution is 0.483. The number of thiazole rings is 1. The topological polar surface area (TPSA) is 160 Å². The molecular formula is C18H20N6O3S2. The van der Waals surface area contributed by atoms with Crippen LogP contribution in [0.5, 0.6) is 0 Å². The van der Waals surface area contributed by atoms with Crippen LogP contribution in [0, 0.1) is 6.92 Å². The first kappa shape index (κ1) is 20.9. The van der Waals surface area contributed by atoms with Crippen molar-refractivity contribution in [2.75, 3.05) is 5.73 Å². The molecule has 2 heterocycles. The van der Waals surface area contributed by atoms with Gasteiger partial charge in [-0.15, -0.1) is 11.3 Å². The molecule has 4 aromatic rings. The molecule has 2 aromatic heterocycles. The third-order valence-electron chi connectivity index (χ3n) is 4.00. The summed E-state index contributed by atoms with van der Waals surface area (Å²) in [5.41, 5.74) is 11.7. The van der Waals surface area contributed by atoms with E-state index in [0.717, 1.165) is 12.2 Å². The first-order chi connectivity index (χ1) is 13.8. The number of rotatable bonds is 4. The first-order valence-electron chi connectivity index (χ1n) is 8.46. The van der Waals surface area contributed by atoms with E-state index in [0.29, 0.717) is 26.6 Å². The number of anilines is 1. The van der Waals surface area contributed by atoms with Crippen LogP contribution in [0.4, 0.5) is 5.82 Å². The lowest BCUT2D eigenvalue weighted by Crippen LogP contribution is -2.20. The Morgan fingerprint density at radius 1 is 1.21 bits per heavy atom. The third-order valence-corrected chi connectivity index (χ3v) is 5.88. The molecule has 11 heteroatoms. The van der Waals surface area contributed by atoms with E-state index in [1.54, 1.807) is 6.07 Å². The molecule has 0 amide bonds. The van der Waals surface area contributed by atoms with Gasteiger partial charge in [-0.25, -0.2) is 4.98 Å². The zero-order valence-electron chi connectivity index (χ0n) is 15.5. The summed E-state index contributed by atoms with van der Waals surface area (Å²) in [6.07, 6.45) is 0. The van der Waals surface area contributed by atoms with Gasteiger partial charge in [-0.1, -0.05) is 30.3 Å². The number of hydrogen-bond donors (Lipinski definition) is 5. The van der Waals surface area contributed by atoms with E-state index in [-0.39, 0.29) is 4.90 Å². The zero-order valence-corrected chi connectivity index (χ0v) is 17.1. The summed E-state index contributed by atoms with van der Waals surface area (Å²) in [5, 5.41) is 7.32. The fourth-order valence-electron chi connectivity index (χ4n) is 2.60. The van der Waals surface area contributed by atoms with Crippen molar-refractivity contribution < 1.29 is 13.0 Å². The van der Waals surface area contributed by atoms with Crippen molar-refractivity contribution in [1.29, 1.82) is 0 Å². The molecule has 0 atom stereocenters. The standard InChI is InChI=1S/C11H10N4O3S2.C7H10N2/c1-5-9(10(12)15-14-5)11-13-7-3-2-6(20(16,17)18)4-8(7)19-11;8-9-6-7-4-2-1-3-5-7/h2-4H,1H3,(H3,12,14,15)(H,16,17,18);1-5,9H,6,8H2. The van der Waals surface area contributed by atoms with Crippen LogP contribution in [-0.4, -0.2) is 28.2 Å². The van der Waals surface area contributed by atoms with Crippen molar-refractivity contribution in [3.63, 3.8) is 0 Å². The van der Waals surface area contributed by atoms with Gasteiger partial charge in [0.2, 0.25) is 0 Å². The highest BCUT2D eigenvalue weighted by Gasteiger charge is 2.16. The van der Waals surface area contributed by atoms with Crippen molar-refractivity contribution in [1.82, 2.24) is 20.6 Å². The Balaban J connectivity index is 0.000000224. The van der Waals surface area contributed by atoms with Gasteiger partial charge in [0.25, 0.3) is 10.1 Å². The Hall–Kier alpha value is -2.83. The third kappa shape index (κ3) is 4.96. The van der Waals surface area contributed by atoms with Crippen LogP contribution in [0.1, 0.15) is 11.3 Å². The molecular weight excluding hydrogens is 412 g/mol. The highest BCUT2D eigenvalue weighted by atomic mass is 32.2. The van der Waals surface area contributed by atoms with E-state index < -0.39 is 10.1 Å². The van der Waals surface area contributed by atoms with Crippen LogP contribution >= 0.6 is 11.3 Å². The lowest BCUT2D eigenvalue weighted by Gasteiger charge is -1.95. The van der Waals surface area contributed by atoms with Gasteiger partial charge in [0.05, 0.1) is 20.7 Å². The van der Waals surface area contributed by atoms with Crippen molar-refractivity contribution >= 4 is 37.5 Å². The number of hydrogen-bond acceptors (Lipinski definition) is 8. The van der Waals surface area contributed by atoms with E-state index in [4.69, 9.17) is 16.1 Å². The first-order valence-corrected chi connectivity index (χ1v) is 10.7. The number of fused-ring (bicyclic) bond motifs is 1. The van der Waals surface area contributed by atoms with Crippen molar-refractivity contribution in [3.05, 3.63) is 59.8 Å². The molecule has 0 radical (unpaired) electrons. The molecule has 152 valence electrons. The molecule has 7 N–H and O–H groups in total. The van der Waals surface area contributed by atoms with Crippen LogP contribution in [0.2, 0.25) is 0 Å². The molecule has 0 saturated carbocycles. The van der Waals surface area contributed by atoms with E-state index in [9.17, 15) is 8.42 Å². The Bertz CT molecular complexity index is 1200. The highest BCUT2D eigenvalue weighted by Crippen LogP contribution is 2.35. The number of aromatic nitrogens is 3. The molecule has 0 aliphatic heterocycles. The maximum absolute atomic E-state index is 11.1. The van der Waals surface area contributed by atoms with Crippen molar-refractivity contribution in [2.24, 2.45) is 5.84 Å². The SMILES string of the molecule is Cc1[nH]nc(N)c1-c1nc2ccc(S(=O)(=O)O)cc2s1.NNCc1ccccc1. The number of benzene rings is 2. The number of hydrazine groups is 1. The number of aromatic amines is 1. The van der Waals surface area contributed by atoms with Crippen molar-refractivity contribution in [2.45, 2.75) is 18.4 Å². The molecule has 0 aliphatic rings. The second-order valence-electron chi connectivity index (χ2n) is 6.10. The predicted octanol–water partition coefficient (Wildman–Crippen LogP) is 2.47. The number of H-pyrrole nitrogens is 1. The van der Waals surface area contributed by atoms with Gasteiger partial charge >= 0.3 is 0 Å². The second kappa shape index (κ2) is 8.68. The van der Waals surface area contributed by atoms with E-state index in [2.05, 4.69) is 20.6 Å². The number of nitrogens with zero attached hydrogens (tertiary/aromatic N) is 2. The smallest absolute Gasteiger partial charge is 0.294 e. The summed E-state index contributed by atoms with van der Waals surface area (Å²) in [7, 11) is -4.22. The van der Waals surface area contributed by atoms with Crippen LogP contribution < -0.4 is 17.0 Å². The summed E-state index contributed by atoms with van der Waals surface area (Å²) in [6, 6.07) is 14.3. The summed E-state index contributed by atoms with van der Waals surface area (Å²) in [6.45, 7) is 2.56. The van der Waals surface area contributed by atoms with Gasteiger partial charge in [0.15, 0.2) is 5.82 Å². The molecule has 2 aromatic carbocycles. The number of aryl methyl sites for hydroxylation is 1. The van der Waals surface area contributed by atoms with Gasteiger partial charge in [-0.05, 0) is 30.7 Å². The molecule has 4 rings (SSSR count). The Labute approximate surface area is 171 Å². The summed E-state index contributed by atoms with van der Waals surface area (Å²) >= 11 is 1.29. The normalized spacial score (nSPS) is 11.3. The van der Waals surface area contributed by atoms with E-state index in [1.165, 1.54) is 29.0 Å². The van der Waals surface area contributed by atoms with Crippen LogP contribution in [-0.2, 0) is 16.7 Å². The maximum atomic E-state index is 11.1. The molecule has 0 spiro atoms. The average Bonchev–Trinajstić information content (AvgIpc) is 3.24. The van der Waals surface area contributed by atoms with Crippen molar-refractivity contribution in [3.8, 4) is 10.6 Å². The van der Waals surface area contributed by atoms with Gasteiger partial charge in [0, 0.05) is 12.2 Å². The molecule has 0 fully saturated rings. The summed E-state index contributed by atoms with van der Waals surface area (Å²) in [5.74, 6) is 5.45. The highest BCUT2D eigenvalue weighted by molar-refractivity contribution is 7.85. The van der Waals surface area contributed by atoms with Gasteiger partial charge in [0.1, 0.15) is 5.01 Å². The molecule has 0 aliphatic carbocycles. The summed E-state index contributed by atoms with van der Waals surface area (Å²) < 4.78 is 31.9. The van der Waals surface area contributed by atoms with Gasteiger partial charge in [-0.3, -0.25) is 20.9 Å². The molecule has 0 bridgehead atoms. The Kier molecular flexibility index (Phi) is 6.25. The lowest BCUT2D eigenvalue weighted by atomic mass is 10.2. The molecule has 29 heavy (non-hydrogen) atoms. The van der Waals surface area contributed by atoms with E-state index >= 15 is 0 Å².